The average Bonchev–Trinajstić information content (AvgIpc) is 3.16. The molecule has 4 nitrogen and oxygen atoms in total. The van der Waals surface area contributed by atoms with Gasteiger partial charge in [0.05, 0.1) is 0 Å². The van der Waals surface area contributed by atoms with Crippen molar-refractivity contribution in [3.05, 3.63) is 71.3 Å². The van der Waals surface area contributed by atoms with Crippen molar-refractivity contribution in [2.75, 3.05) is 26.7 Å². The molecule has 2 aromatic carbocycles. The molecule has 2 aromatic rings. The van der Waals surface area contributed by atoms with E-state index in [0.717, 1.165) is 50.1 Å². The molecule has 2 atom stereocenters. The van der Waals surface area contributed by atoms with Gasteiger partial charge in [0.2, 0.25) is 0 Å². The number of nitrogens with one attached hydrogen (secondary N) is 2. The molecule has 0 saturated carbocycles. The van der Waals surface area contributed by atoms with Crippen LogP contribution in [0.3, 0.4) is 0 Å². The van der Waals surface area contributed by atoms with Crippen LogP contribution in [0.25, 0.3) is 0 Å². The van der Waals surface area contributed by atoms with E-state index < -0.39 is 0 Å². The van der Waals surface area contributed by atoms with E-state index in [1.807, 2.05) is 31.3 Å². The molecule has 0 spiro atoms. The SMILES string of the molecule is CNCCc1ccccc1C(=O)NC(C)C1CCN(Cc2ccccc2)C1. The molecule has 27 heavy (non-hydrogen) atoms. The number of carbonyl (C=O) groups is 1. The van der Waals surface area contributed by atoms with Crippen molar-refractivity contribution in [1.82, 2.24) is 15.5 Å². The van der Waals surface area contributed by atoms with Gasteiger partial charge in [-0.1, -0.05) is 48.5 Å². The summed E-state index contributed by atoms with van der Waals surface area (Å²) >= 11 is 0. The molecule has 0 bridgehead atoms. The van der Waals surface area contributed by atoms with E-state index in [2.05, 4.69) is 52.8 Å². The maximum absolute atomic E-state index is 12.8. The van der Waals surface area contributed by atoms with Gasteiger partial charge in [0.25, 0.3) is 5.91 Å². The monoisotopic (exact) mass is 365 g/mol. The second-order valence-electron chi connectivity index (χ2n) is 7.54. The van der Waals surface area contributed by atoms with E-state index in [-0.39, 0.29) is 11.9 Å². The zero-order valence-electron chi connectivity index (χ0n) is 16.4. The largest absolute Gasteiger partial charge is 0.349 e. The highest BCUT2D eigenvalue weighted by molar-refractivity contribution is 5.95. The third kappa shape index (κ3) is 5.41. The first kappa shape index (κ1) is 19.6. The highest BCUT2D eigenvalue weighted by Crippen LogP contribution is 2.22. The predicted molar refractivity (Wildman–Crippen MR) is 111 cm³/mol. The Morgan fingerprint density at radius 1 is 1.15 bits per heavy atom. The number of carbonyl (C=O) groups excluding carboxylic acids is 1. The minimum Gasteiger partial charge on any atom is -0.349 e. The van der Waals surface area contributed by atoms with Gasteiger partial charge in [-0.15, -0.1) is 0 Å². The molecule has 2 N–H and O–H groups in total. The summed E-state index contributed by atoms with van der Waals surface area (Å²) in [7, 11) is 1.94. The number of hydrogen-bond acceptors (Lipinski definition) is 3. The fraction of sp³-hybridized carbons (Fsp3) is 0.435. The van der Waals surface area contributed by atoms with Crippen molar-refractivity contribution in [2.45, 2.75) is 32.4 Å². The third-order valence-corrected chi connectivity index (χ3v) is 5.53. The molecule has 1 saturated heterocycles. The number of likely N-dealkylation sites (N-methyl/N-ethyl adjacent to an activating group) is 1. The van der Waals surface area contributed by atoms with E-state index in [1.165, 1.54) is 5.56 Å². The van der Waals surface area contributed by atoms with Crippen LogP contribution in [0.4, 0.5) is 0 Å². The van der Waals surface area contributed by atoms with Gasteiger partial charge in [0, 0.05) is 24.7 Å². The predicted octanol–water partition coefficient (Wildman–Crippen LogP) is 3.09. The summed E-state index contributed by atoms with van der Waals surface area (Å²) in [5.74, 6) is 0.554. The Kier molecular flexibility index (Phi) is 7.02. The van der Waals surface area contributed by atoms with Crippen LogP contribution in [0.5, 0.6) is 0 Å². The first-order valence-corrected chi connectivity index (χ1v) is 9.97. The van der Waals surface area contributed by atoms with Gasteiger partial charge < -0.3 is 10.6 Å². The fourth-order valence-corrected chi connectivity index (χ4v) is 3.88. The molecule has 1 heterocycles. The van der Waals surface area contributed by atoms with Crippen LogP contribution in [-0.2, 0) is 13.0 Å². The smallest absolute Gasteiger partial charge is 0.251 e. The van der Waals surface area contributed by atoms with Crippen molar-refractivity contribution >= 4 is 5.91 Å². The second kappa shape index (κ2) is 9.67. The van der Waals surface area contributed by atoms with Crippen LogP contribution < -0.4 is 10.6 Å². The summed E-state index contributed by atoms with van der Waals surface area (Å²) in [6, 6.07) is 18.7. The van der Waals surface area contributed by atoms with Crippen LogP contribution in [0.15, 0.2) is 54.6 Å². The Hall–Kier alpha value is -2.17. The molecule has 1 amide bonds. The number of likely N-dealkylation sites (tertiary alicyclic amines) is 1. The van der Waals surface area contributed by atoms with Crippen LogP contribution in [0.2, 0.25) is 0 Å². The molecule has 3 rings (SSSR count). The Morgan fingerprint density at radius 2 is 1.89 bits per heavy atom. The van der Waals surface area contributed by atoms with E-state index in [4.69, 9.17) is 0 Å². The molecule has 1 aliphatic rings. The van der Waals surface area contributed by atoms with Crippen LogP contribution >= 0.6 is 0 Å². The minimum absolute atomic E-state index is 0.0516. The van der Waals surface area contributed by atoms with E-state index in [1.54, 1.807) is 0 Å². The van der Waals surface area contributed by atoms with Gasteiger partial charge in [-0.25, -0.2) is 0 Å². The molecular formula is C23H31N3O. The highest BCUT2D eigenvalue weighted by atomic mass is 16.1. The lowest BCUT2D eigenvalue weighted by atomic mass is 9.99. The van der Waals surface area contributed by atoms with Gasteiger partial charge in [-0.3, -0.25) is 9.69 Å². The minimum atomic E-state index is 0.0516. The van der Waals surface area contributed by atoms with E-state index in [0.29, 0.717) is 5.92 Å². The molecule has 144 valence electrons. The molecule has 0 aliphatic carbocycles. The fourth-order valence-electron chi connectivity index (χ4n) is 3.88. The molecule has 0 aromatic heterocycles. The first-order chi connectivity index (χ1) is 13.2. The zero-order chi connectivity index (χ0) is 19.1. The van der Waals surface area contributed by atoms with Crippen molar-refractivity contribution in [2.24, 2.45) is 5.92 Å². The lowest BCUT2D eigenvalue weighted by molar-refractivity contribution is 0.0926. The van der Waals surface area contributed by atoms with E-state index in [9.17, 15) is 4.79 Å². The molecule has 0 radical (unpaired) electrons. The topological polar surface area (TPSA) is 44.4 Å². The maximum Gasteiger partial charge on any atom is 0.251 e. The summed E-state index contributed by atoms with van der Waals surface area (Å²) in [5.41, 5.74) is 3.26. The summed E-state index contributed by atoms with van der Waals surface area (Å²) in [6.07, 6.45) is 2.00. The third-order valence-electron chi connectivity index (χ3n) is 5.53. The van der Waals surface area contributed by atoms with Gasteiger partial charge in [-0.2, -0.15) is 0 Å². The molecule has 2 unspecified atom stereocenters. The summed E-state index contributed by atoms with van der Waals surface area (Å²) in [6.45, 7) is 6.14. The number of rotatable bonds is 8. The number of amides is 1. The van der Waals surface area contributed by atoms with Gasteiger partial charge in [0.1, 0.15) is 0 Å². The first-order valence-electron chi connectivity index (χ1n) is 9.97. The van der Waals surface area contributed by atoms with E-state index >= 15 is 0 Å². The normalized spacial score (nSPS) is 18.4. The summed E-state index contributed by atoms with van der Waals surface area (Å²) in [5, 5.41) is 6.41. The van der Waals surface area contributed by atoms with Crippen LogP contribution in [-0.4, -0.2) is 43.5 Å². The number of benzene rings is 2. The quantitative estimate of drug-likeness (QED) is 0.756. The maximum atomic E-state index is 12.8. The average molecular weight is 366 g/mol. The zero-order valence-corrected chi connectivity index (χ0v) is 16.4. The van der Waals surface area contributed by atoms with Crippen molar-refractivity contribution in [3.8, 4) is 0 Å². The standard InChI is InChI=1S/C23H31N3O/c1-18(21-13-15-26(17-21)16-19-8-4-3-5-9-19)25-23(27)22-11-7-6-10-20(22)12-14-24-2/h3-11,18,21,24H,12-17H2,1-2H3,(H,25,27). The Labute approximate surface area is 163 Å². The van der Waals surface area contributed by atoms with Crippen LogP contribution in [0.1, 0.15) is 34.8 Å². The van der Waals surface area contributed by atoms with Gasteiger partial charge >= 0.3 is 0 Å². The summed E-state index contributed by atoms with van der Waals surface area (Å²) < 4.78 is 0. The second-order valence-corrected chi connectivity index (χ2v) is 7.54. The van der Waals surface area contributed by atoms with Crippen LogP contribution in [0, 0.1) is 5.92 Å². The number of nitrogens with zero attached hydrogens (tertiary/aromatic N) is 1. The lowest BCUT2D eigenvalue weighted by Gasteiger charge is -2.22. The Balaban J connectivity index is 1.55. The van der Waals surface area contributed by atoms with Gasteiger partial charge in [-0.05, 0) is 63.0 Å². The highest BCUT2D eigenvalue weighted by Gasteiger charge is 2.28. The van der Waals surface area contributed by atoms with Crippen molar-refractivity contribution < 1.29 is 4.79 Å². The molecule has 4 heteroatoms. The molecular weight excluding hydrogens is 334 g/mol. The van der Waals surface area contributed by atoms with Crippen molar-refractivity contribution in [3.63, 3.8) is 0 Å². The molecule has 1 fully saturated rings. The molecule has 1 aliphatic heterocycles. The number of hydrogen-bond donors (Lipinski definition) is 2. The Morgan fingerprint density at radius 3 is 2.67 bits per heavy atom. The van der Waals surface area contributed by atoms with Crippen molar-refractivity contribution in [1.29, 1.82) is 0 Å². The van der Waals surface area contributed by atoms with Gasteiger partial charge in [0.15, 0.2) is 0 Å². The lowest BCUT2D eigenvalue weighted by Crippen LogP contribution is -2.39. The summed E-state index contributed by atoms with van der Waals surface area (Å²) in [4.78, 5) is 15.3. The Bertz CT molecular complexity index is 731.